The molecule has 1 aliphatic rings. The SMILES string of the molecule is NC(=O)[C@@H]1c2ccccc2-c2c(-c3nc4c(F)c(F)c(F)c(F)c4[nH]3)cccc21. The van der Waals surface area contributed by atoms with Gasteiger partial charge in [0.05, 0.1) is 5.92 Å². The highest BCUT2D eigenvalue weighted by Gasteiger charge is 2.34. The summed E-state index contributed by atoms with van der Waals surface area (Å²) in [5.74, 6) is -8.19. The van der Waals surface area contributed by atoms with Crippen LogP contribution < -0.4 is 5.73 Å². The smallest absolute Gasteiger partial charge is 0.229 e. The minimum atomic E-state index is -1.93. The van der Waals surface area contributed by atoms with Gasteiger partial charge in [-0.25, -0.2) is 22.5 Å². The molecule has 0 radical (unpaired) electrons. The summed E-state index contributed by atoms with van der Waals surface area (Å²) in [4.78, 5) is 18.6. The second kappa shape index (κ2) is 5.91. The zero-order chi connectivity index (χ0) is 20.4. The molecule has 0 aliphatic heterocycles. The number of imidazole rings is 1. The third-order valence-electron chi connectivity index (χ3n) is 5.20. The largest absolute Gasteiger partial charge is 0.369 e. The van der Waals surface area contributed by atoms with Crippen LogP contribution in [0.5, 0.6) is 0 Å². The lowest BCUT2D eigenvalue weighted by molar-refractivity contribution is -0.118. The summed E-state index contributed by atoms with van der Waals surface area (Å²) in [7, 11) is 0. The molecule has 29 heavy (non-hydrogen) atoms. The van der Waals surface area contributed by atoms with Gasteiger partial charge in [-0.15, -0.1) is 0 Å². The molecule has 0 bridgehead atoms. The van der Waals surface area contributed by atoms with Gasteiger partial charge in [-0.1, -0.05) is 42.5 Å². The van der Waals surface area contributed by atoms with Crippen molar-refractivity contribution in [2.75, 3.05) is 0 Å². The van der Waals surface area contributed by atoms with E-state index in [-0.39, 0.29) is 5.82 Å². The van der Waals surface area contributed by atoms with E-state index < -0.39 is 46.1 Å². The summed E-state index contributed by atoms with van der Waals surface area (Å²) < 4.78 is 55.5. The number of hydrogen-bond acceptors (Lipinski definition) is 2. The molecule has 1 atom stereocenters. The standard InChI is InChI=1S/C21H11F4N3O/c22-14-15(23)17(25)19-18(16(14)24)27-21(28-19)11-7-3-6-10-12(11)8-4-1-2-5-9(8)13(10)20(26)29/h1-7,13H,(H2,26,29)(H,27,28)/t13-/m1/s1. The molecule has 8 heteroatoms. The summed E-state index contributed by atoms with van der Waals surface area (Å²) in [5.41, 5.74) is 7.47. The van der Waals surface area contributed by atoms with E-state index in [9.17, 15) is 22.4 Å². The van der Waals surface area contributed by atoms with Crippen LogP contribution >= 0.6 is 0 Å². The molecule has 0 spiro atoms. The number of aromatic nitrogens is 2. The van der Waals surface area contributed by atoms with Crippen LogP contribution in [-0.4, -0.2) is 15.9 Å². The van der Waals surface area contributed by atoms with Gasteiger partial charge in [0.2, 0.25) is 5.91 Å². The highest BCUT2D eigenvalue weighted by molar-refractivity contribution is 6.00. The number of nitrogens with two attached hydrogens (primary N) is 1. The molecule has 0 saturated heterocycles. The van der Waals surface area contributed by atoms with Crippen LogP contribution in [0.25, 0.3) is 33.5 Å². The number of primary amides is 1. The first kappa shape index (κ1) is 17.4. The van der Waals surface area contributed by atoms with Crippen LogP contribution in [0.2, 0.25) is 0 Å². The molecule has 4 nitrogen and oxygen atoms in total. The number of rotatable bonds is 2. The second-order valence-electron chi connectivity index (χ2n) is 6.76. The maximum absolute atomic E-state index is 14.1. The average Bonchev–Trinajstić information content (AvgIpc) is 3.30. The van der Waals surface area contributed by atoms with Crippen molar-refractivity contribution in [1.29, 1.82) is 0 Å². The minimum absolute atomic E-state index is 0.0135. The highest BCUT2D eigenvalue weighted by atomic mass is 19.2. The van der Waals surface area contributed by atoms with Gasteiger partial charge in [0.15, 0.2) is 23.3 Å². The van der Waals surface area contributed by atoms with E-state index in [1.807, 2.05) is 0 Å². The van der Waals surface area contributed by atoms with Gasteiger partial charge in [-0.2, -0.15) is 0 Å². The molecular formula is C21H11F4N3O. The van der Waals surface area contributed by atoms with Crippen LogP contribution in [0.1, 0.15) is 17.0 Å². The van der Waals surface area contributed by atoms with Gasteiger partial charge in [-0.05, 0) is 22.3 Å². The maximum Gasteiger partial charge on any atom is 0.229 e. The Morgan fingerprint density at radius 2 is 1.52 bits per heavy atom. The molecule has 3 aromatic carbocycles. The van der Waals surface area contributed by atoms with E-state index in [4.69, 9.17) is 5.73 Å². The fourth-order valence-electron chi connectivity index (χ4n) is 3.98. The van der Waals surface area contributed by atoms with E-state index in [1.54, 1.807) is 42.5 Å². The van der Waals surface area contributed by atoms with E-state index >= 15 is 0 Å². The van der Waals surface area contributed by atoms with Crippen LogP contribution in [0.4, 0.5) is 17.6 Å². The Morgan fingerprint density at radius 3 is 2.28 bits per heavy atom. The number of aromatic amines is 1. The Balaban J connectivity index is 1.83. The molecule has 1 amide bonds. The quantitative estimate of drug-likeness (QED) is 0.299. The van der Waals surface area contributed by atoms with Crippen LogP contribution in [0.3, 0.4) is 0 Å². The van der Waals surface area contributed by atoms with Gasteiger partial charge in [-0.3, -0.25) is 4.79 Å². The number of nitrogens with one attached hydrogen (secondary N) is 1. The number of carbonyl (C=O) groups excluding carboxylic acids is 1. The number of benzene rings is 3. The van der Waals surface area contributed by atoms with Crippen molar-refractivity contribution in [2.45, 2.75) is 5.92 Å². The van der Waals surface area contributed by atoms with E-state index in [2.05, 4.69) is 9.97 Å². The zero-order valence-corrected chi connectivity index (χ0v) is 14.6. The highest BCUT2D eigenvalue weighted by Crippen LogP contribution is 2.48. The van der Waals surface area contributed by atoms with Crippen LogP contribution in [0.15, 0.2) is 42.5 Å². The Hall–Kier alpha value is -3.68. The van der Waals surface area contributed by atoms with E-state index in [1.165, 1.54) is 0 Å². The molecule has 1 aliphatic carbocycles. The monoisotopic (exact) mass is 397 g/mol. The molecular weight excluding hydrogens is 386 g/mol. The van der Waals surface area contributed by atoms with Gasteiger partial charge in [0, 0.05) is 5.56 Å². The predicted octanol–water partition coefficient (Wildman–Crippen LogP) is 4.38. The molecule has 0 fully saturated rings. The third kappa shape index (κ3) is 2.25. The molecule has 0 saturated carbocycles. The van der Waals surface area contributed by atoms with Crippen LogP contribution in [0, 0.1) is 23.3 Å². The number of carbonyl (C=O) groups is 1. The number of fused-ring (bicyclic) bond motifs is 4. The Kier molecular flexibility index (Phi) is 3.55. The van der Waals surface area contributed by atoms with Crippen molar-refractivity contribution in [3.8, 4) is 22.5 Å². The first-order chi connectivity index (χ1) is 13.9. The zero-order valence-electron chi connectivity index (χ0n) is 14.6. The summed E-state index contributed by atoms with van der Waals surface area (Å²) in [6, 6.07) is 12.2. The Morgan fingerprint density at radius 1 is 0.862 bits per heavy atom. The van der Waals surface area contributed by atoms with Crippen molar-refractivity contribution in [3.05, 3.63) is 76.9 Å². The molecule has 1 aromatic heterocycles. The second-order valence-corrected chi connectivity index (χ2v) is 6.76. The number of H-pyrrole nitrogens is 1. The molecule has 144 valence electrons. The number of nitrogens with zero attached hydrogens (tertiary/aromatic N) is 1. The first-order valence-electron chi connectivity index (χ1n) is 8.63. The maximum atomic E-state index is 14.1. The Labute approximate surface area is 161 Å². The van der Waals surface area contributed by atoms with Crippen molar-refractivity contribution in [2.24, 2.45) is 5.73 Å². The molecule has 1 heterocycles. The van der Waals surface area contributed by atoms with Crippen molar-refractivity contribution >= 4 is 16.9 Å². The fraction of sp³-hybridized carbons (Fsp3) is 0.0476. The molecule has 5 rings (SSSR count). The predicted molar refractivity (Wildman–Crippen MR) is 97.8 cm³/mol. The van der Waals surface area contributed by atoms with Gasteiger partial charge in [0.25, 0.3) is 0 Å². The number of halogens is 4. The number of amides is 1. The van der Waals surface area contributed by atoms with Gasteiger partial charge in [0.1, 0.15) is 16.9 Å². The number of hydrogen-bond donors (Lipinski definition) is 2. The topological polar surface area (TPSA) is 71.8 Å². The van der Waals surface area contributed by atoms with E-state index in [0.29, 0.717) is 22.3 Å². The molecule has 0 unspecified atom stereocenters. The summed E-state index contributed by atoms with van der Waals surface area (Å²) in [5, 5.41) is 0. The average molecular weight is 397 g/mol. The normalized spacial score (nSPS) is 14.8. The van der Waals surface area contributed by atoms with Crippen LogP contribution in [-0.2, 0) is 4.79 Å². The third-order valence-corrected chi connectivity index (χ3v) is 5.20. The molecule has 4 aromatic rings. The summed E-state index contributed by atoms with van der Waals surface area (Å²) >= 11 is 0. The van der Waals surface area contributed by atoms with Gasteiger partial charge < -0.3 is 10.7 Å². The minimum Gasteiger partial charge on any atom is -0.369 e. The lowest BCUT2D eigenvalue weighted by Crippen LogP contribution is -2.20. The van der Waals surface area contributed by atoms with Crippen molar-refractivity contribution in [3.63, 3.8) is 0 Å². The summed E-state index contributed by atoms with van der Waals surface area (Å²) in [6.07, 6.45) is 0. The first-order valence-corrected chi connectivity index (χ1v) is 8.63. The lowest BCUT2D eigenvalue weighted by Gasteiger charge is -2.09. The van der Waals surface area contributed by atoms with E-state index in [0.717, 1.165) is 5.56 Å². The summed E-state index contributed by atoms with van der Waals surface area (Å²) in [6.45, 7) is 0. The van der Waals surface area contributed by atoms with Crippen molar-refractivity contribution in [1.82, 2.24) is 9.97 Å². The fourth-order valence-corrected chi connectivity index (χ4v) is 3.98. The lowest BCUT2D eigenvalue weighted by atomic mass is 9.95. The molecule has 3 N–H and O–H groups in total. The van der Waals surface area contributed by atoms with Crippen molar-refractivity contribution < 1.29 is 22.4 Å². The van der Waals surface area contributed by atoms with Gasteiger partial charge >= 0.3 is 0 Å². The Bertz CT molecular complexity index is 1300.